The van der Waals surface area contributed by atoms with Gasteiger partial charge in [-0.1, -0.05) is 0 Å². The average Bonchev–Trinajstić information content (AvgIpc) is 2.35. The van der Waals surface area contributed by atoms with E-state index in [2.05, 4.69) is 5.32 Å². The Bertz CT molecular complexity index is 436. The van der Waals surface area contributed by atoms with Crippen molar-refractivity contribution >= 4 is 23.4 Å². The lowest BCUT2D eigenvalue weighted by atomic mass is 10.2. The van der Waals surface area contributed by atoms with Gasteiger partial charge in [0.05, 0.1) is 16.4 Å². The molecule has 0 fully saturated rings. The van der Waals surface area contributed by atoms with Crippen molar-refractivity contribution < 1.29 is 14.8 Å². The van der Waals surface area contributed by atoms with Crippen molar-refractivity contribution in [3.05, 3.63) is 33.9 Å². The minimum absolute atomic E-state index is 0.0565. The molecule has 0 saturated carbocycles. The molecule has 1 aromatic rings. The lowest BCUT2D eigenvalue weighted by Crippen LogP contribution is -2.17. The van der Waals surface area contributed by atoms with E-state index < -0.39 is 4.92 Å². The number of thioether (sulfide) groups is 1. The molecular formula is C10H12N2O4S. The zero-order valence-corrected chi connectivity index (χ0v) is 9.99. The third-order valence-corrected chi connectivity index (χ3v) is 3.04. The zero-order valence-electron chi connectivity index (χ0n) is 9.17. The topological polar surface area (TPSA) is 92.5 Å². The highest BCUT2D eigenvalue weighted by molar-refractivity contribution is 7.99. The van der Waals surface area contributed by atoms with Crippen molar-refractivity contribution in [2.24, 2.45) is 0 Å². The minimum Gasteiger partial charge on any atom is -0.396 e. The zero-order chi connectivity index (χ0) is 12.8. The van der Waals surface area contributed by atoms with Gasteiger partial charge in [0.15, 0.2) is 0 Å². The number of amides is 1. The number of aliphatic hydroxyl groups is 1. The SMILES string of the molecule is CNC(=O)c1ccc(SCCO)c([N+](=O)[O-])c1. The molecule has 0 aromatic heterocycles. The molecule has 7 heteroatoms. The summed E-state index contributed by atoms with van der Waals surface area (Å²) < 4.78 is 0. The predicted octanol–water partition coefficient (Wildman–Crippen LogP) is 1.04. The summed E-state index contributed by atoms with van der Waals surface area (Å²) in [5, 5.41) is 21.9. The highest BCUT2D eigenvalue weighted by Crippen LogP contribution is 2.29. The molecule has 0 atom stereocenters. The maximum absolute atomic E-state index is 11.3. The summed E-state index contributed by atoms with van der Waals surface area (Å²) in [5.74, 6) is 0.00646. The number of nitro groups is 1. The fraction of sp³-hybridized carbons (Fsp3) is 0.300. The Morgan fingerprint density at radius 2 is 2.29 bits per heavy atom. The number of aliphatic hydroxyl groups excluding tert-OH is 1. The van der Waals surface area contributed by atoms with E-state index in [9.17, 15) is 14.9 Å². The third kappa shape index (κ3) is 3.43. The molecule has 1 amide bonds. The molecule has 0 aliphatic carbocycles. The van der Waals surface area contributed by atoms with Crippen molar-refractivity contribution in [2.75, 3.05) is 19.4 Å². The molecule has 0 saturated heterocycles. The molecule has 0 spiro atoms. The third-order valence-electron chi connectivity index (χ3n) is 1.99. The van der Waals surface area contributed by atoms with Crippen molar-refractivity contribution in [3.63, 3.8) is 0 Å². The van der Waals surface area contributed by atoms with Gasteiger partial charge in [-0.15, -0.1) is 11.8 Å². The molecule has 17 heavy (non-hydrogen) atoms. The van der Waals surface area contributed by atoms with Gasteiger partial charge < -0.3 is 10.4 Å². The molecule has 6 nitrogen and oxygen atoms in total. The largest absolute Gasteiger partial charge is 0.396 e. The smallest absolute Gasteiger partial charge is 0.283 e. The summed E-state index contributed by atoms with van der Waals surface area (Å²) in [6.45, 7) is -0.0565. The summed E-state index contributed by atoms with van der Waals surface area (Å²) in [4.78, 5) is 22.1. The fourth-order valence-corrected chi connectivity index (χ4v) is 1.98. The van der Waals surface area contributed by atoms with E-state index in [1.54, 1.807) is 0 Å². The molecule has 0 bridgehead atoms. The van der Waals surface area contributed by atoms with Crippen LogP contribution in [0.15, 0.2) is 23.1 Å². The standard InChI is InChI=1S/C10H12N2O4S/c1-11-10(14)7-2-3-9(17-5-4-13)8(6-7)12(15)16/h2-3,6,13H,4-5H2,1H3,(H,11,14). The van der Waals surface area contributed by atoms with E-state index in [4.69, 9.17) is 5.11 Å². The Balaban J connectivity index is 3.08. The maximum Gasteiger partial charge on any atom is 0.283 e. The summed E-state index contributed by atoms with van der Waals surface area (Å²) in [7, 11) is 1.46. The quantitative estimate of drug-likeness (QED) is 0.466. The van der Waals surface area contributed by atoms with Gasteiger partial charge in [0.2, 0.25) is 0 Å². The number of hydrogen-bond acceptors (Lipinski definition) is 5. The van der Waals surface area contributed by atoms with Crippen molar-refractivity contribution in [1.82, 2.24) is 5.32 Å². The van der Waals surface area contributed by atoms with Crippen molar-refractivity contribution in [3.8, 4) is 0 Å². The highest BCUT2D eigenvalue weighted by Gasteiger charge is 2.17. The summed E-state index contributed by atoms with van der Waals surface area (Å²) in [6, 6.07) is 4.27. The molecule has 0 radical (unpaired) electrons. The van der Waals surface area contributed by atoms with Crippen LogP contribution in [0.25, 0.3) is 0 Å². The number of nitrogens with one attached hydrogen (secondary N) is 1. The Hall–Kier alpha value is -1.60. The van der Waals surface area contributed by atoms with E-state index >= 15 is 0 Å². The van der Waals surface area contributed by atoms with Gasteiger partial charge in [-0.2, -0.15) is 0 Å². The number of nitro benzene ring substituents is 1. The van der Waals surface area contributed by atoms with Crippen LogP contribution >= 0.6 is 11.8 Å². The van der Waals surface area contributed by atoms with Gasteiger partial charge in [0.25, 0.3) is 11.6 Å². The highest BCUT2D eigenvalue weighted by atomic mass is 32.2. The van der Waals surface area contributed by atoms with Gasteiger partial charge in [0.1, 0.15) is 0 Å². The Morgan fingerprint density at radius 3 is 2.82 bits per heavy atom. The van der Waals surface area contributed by atoms with Crippen LogP contribution in [0.3, 0.4) is 0 Å². The van der Waals surface area contributed by atoms with Gasteiger partial charge in [0, 0.05) is 24.4 Å². The number of carbonyl (C=O) groups excluding carboxylic acids is 1. The number of benzene rings is 1. The molecule has 92 valence electrons. The van der Waals surface area contributed by atoms with Crippen LogP contribution in [0.2, 0.25) is 0 Å². The molecule has 2 N–H and O–H groups in total. The molecule has 0 heterocycles. The van der Waals surface area contributed by atoms with Gasteiger partial charge in [-0.25, -0.2) is 0 Å². The Kier molecular flexibility index (Phi) is 4.92. The van der Waals surface area contributed by atoms with Gasteiger partial charge in [-0.05, 0) is 12.1 Å². The van der Waals surface area contributed by atoms with Crippen LogP contribution in [0.5, 0.6) is 0 Å². The second kappa shape index (κ2) is 6.21. The number of rotatable bonds is 5. The van der Waals surface area contributed by atoms with Crippen LogP contribution in [-0.2, 0) is 0 Å². The van der Waals surface area contributed by atoms with E-state index in [0.717, 1.165) is 0 Å². The van der Waals surface area contributed by atoms with E-state index in [-0.39, 0.29) is 23.8 Å². The van der Waals surface area contributed by atoms with E-state index in [0.29, 0.717) is 10.6 Å². The number of carbonyl (C=O) groups is 1. The van der Waals surface area contributed by atoms with Crippen LogP contribution in [-0.4, -0.2) is 35.3 Å². The first-order chi connectivity index (χ1) is 8.10. The van der Waals surface area contributed by atoms with Crippen LogP contribution in [0.1, 0.15) is 10.4 Å². The van der Waals surface area contributed by atoms with Gasteiger partial charge in [-0.3, -0.25) is 14.9 Å². The monoisotopic (exact) mass is 256 g/mol. The minimum atomic E-state index is -0.536. The van der Waals surface area contributed by atoms with Crippen molar-refractivity contribution in [2.45, 2.75) is 4.90 Å². The van der Waals surface area contributed by atoms with E-state index in [1.165, 1.54) is 37.0 Å². The first-order valence-corrected chi connectivity index (χ1v) is 5.83. The van der Waals surface area contributed by atoms with Crippen molar-refractivity contribution in [1.29, 1.82) is 0 Å². The second-order valence-electron chi connectivity index (χ2n) is 3.09. The van der Waals surface area contributed by atoms with Crippen LogP contribution < -0.4 is 5.32 Å². The molecule has 1 rings (SSSR count). The molecule has 0 aliphatic rings. The first-order valence-electron chi connectivity index (χ1n) is 4.84. The Labute approximate surface area is 102 Å². The number of nitrogens with zero attached hydrogens (tertiary/aromatic N) is 1. The summed E-state index contributed by atoms with van der Waals surface area (Å²) in [5.41, 5.74) is 0.122. The number of hydrogen-bond donors (Lipinski definition) is 2. The second-order valence-corrected chi connectivity index (χ2v) is 4.23. The predicted molar refractivity (Wildman–Crippen MR) is 64.3 cm³/mol. The Morgan fingerprint density at radius 1 is 1.59 bits per heavy atom. The lowest BCUT2D eigenvalue weighted by molar-refractivity contribution is -0.387. The molecule has 1 aromatic carbocycles. The lowest BCUT2D eigenvalue weighted by Gasteiger charge is -2.04. The fourth-order valence-electron chi connectivity index (χ4n) is 1.22. The van der Waals surface area contributed by atoms with Gasteiger partial charge >= 0.3 is 0 Å². The molecular weight excluding hydrogens is 244 g/mol. The molecule has 0 aliphatic heterocycles. The molecule has 0 unspecified atom stereocenters. The van der Waals surface area contributed by atoms with Crippen LogP contribution in [0, 0.1) is 10.1 Å². The average molecular weight is 256 g/mol. The van der Waals surface area contributed by atoms with E-state index in [1.807, 2.05) is 0 Å². The summed E-state index contributed by atoms with van der Waals surface area (Å²) in [6.07, 6.45) is 0. The first kappa shape index (κ1) is 13.5. The summed E-state index contributed by atoms with van der Waals surface area (Å²) >= 11 is 1.18. The normalized spacial score (nSPS) is 10.0. The van der Waals surface area contributed by atoms with Crippen LogP contribution in [0.4, 0.5) is 5.69 Å². The maximum atomic E-state index is 11.3.